The van der Waals surface area contributed by atoms with Gasteiger partial charge in [0.25, 0.3) is 0 Å². The van der Waals surface area contributed by atoms with Crippen LogP contribution in [0.1, 0.15) is 51.9 Å². The predicted molar refractivity (Wildman–Crippen MR) is 85.8 cm³/mol. The first-order valence-electron chi connectivity index (χ1n) is 8.64. The summed E-state index contributed by atoms with van der Waals surface area (Å²) in [7, 11) is 0. The van der Waals surface area contributed by atoms with Gasteiger partial charge >= 0.3 is 0 Å². The molecular weight excluding hydrogens is 266 g/mol. The van der Waals surface area contributed by atoms with Crippen LogP contribution in [0.5, 0.6) is 0 Å². The summed E-state index contributed by atoms with van der Waals surface area (Å²) in [6.07, 6.45) is 9.34. The van der Waals surface area contributed by atoms with E-state index in [1.807, 2.05) is 0 Å². The summed E-state index contributed by atoms with van der Waals surface area (Å²) >= 11 is 0. The Labute approximate surface area is 128 Å². The van der Waals surface area contributed by atoms with Gasteiger partial charge in [-0.25, -0.2) is 0 Å². The minimum atomic E-state index is 0.311. The highest BCUT2D eigenvalue weighted by molar-refractivity contribution is 5.79. The van der Waals surface area contributed by atoms with Gasteiger partial charge in [-0.05, 0) is 39.0 Å². The molecule has 1 aliphatic heterocycles. The summed E-state index contributed by atoms with van der Waals surface area (Å²) in [5, 5.41) is 6.65. The molecule has 2 N–H and O–H groups in total. The van der Waals surface area contributed by atoms with E-state index in [1.165, 1.54) is 32.1 Å². The third kappa shape index (κ3) is 6.66. The standard InChI is InChI=1S/C16H31N3O2/c1-2-17-16(19-13-15-9-5-11-21-15)18-10-6-12-20-14-7-3-4-8-14/h14-15H,2-13H2,1H3,(H2,17,18,19). The lowest BCUT2D eigenvalue weighted by molar-refractivity contribution is 0.0574. The fourth-order valence-electron chi connectivity index (χ4n) is 2.91. The van der Waals surface area contributed by atoms with Crippen LogP contribution in [0.15, 0.2) is 4.99 Å². The van der Waals surface area contributed by atoms with E-state index in [0.29, 0.717) is 12.2 Å². The van der Waals surface area contributed by atoms with Crippen molar-refractivity contribution >= 4 is 5.96 Å². The van der Waals surface area contributed by atoms with Crippen LogP contribution in [-0.4, -0.2) is 51.0 Å². The molecule has 21 heavy (non-hydrogen) atoms. The van der Waals surface area contributed by atoms with Crippen LogP contribution in [-0.2, 0) is 9.47 Å². The second-order valence-corrected chi connectivity index (χ2v) is 5.91. The molecule has 5 nitrogen and oxygen atoms in total. The molecule has 0 aromatic carbocycles. The van der Waals surface area contributed by atoms with Crippen LogP contribution < -0.4 is 10.6 Å². The van der Waals surface area contributed by atoms with Gasteiger partial charge in [-0.2, -0.15) is 0 Å². The number of hydrogen-bond acceptors (Lipinski definition) is 3. The molecule has 0 amide bonds. The molecule has 1 heterocycles. The van der Waals surface area contributed by atoms with Crippen LogP contribution in [0.2, 0.25) is 0 Å². The normalized spacial score (nSPS) is 23.7. The fourth-order valence-corrected chi connectivity index (χ4v) is 2.91. The number of rotatable bonds is 8. The summed E-state index contributed by atoms with van der Waals surface area (Å²) in [6.45, 7) is 6.38. The van der Waals surface area contributed by atoms with E-state index in [2.05, 4.69) is 22.5 Å². The van der Waals surface area contributed by atoms with E-state index in [9.17, 15) is 0 Å². The SMILES string of the molecule is CCNC(=NCC1CCCO1)NCCCOC1CCCC1. The Morgan fingerprint density at radius 2 is 2.05 bits per heavy atom. The Morgan fingerprint density at radius 3 is 2.76 bits per heavy atom. The summed E-state index contributed by atoms with van der Waals surface area (Å²) < 4.78 is 11.5. The van der Waals surface area contributed by atoms with Crippen molar-refractivity contribution in [3.05, 3.63) is 0 Å². The number of nitrogens with one attached hydrogen (secondary N) is 2. The van der Waals surface area contributed by atoms with E-state index in [1.54, 1.807) is 0 Å². The highest BCUT2D eigenvalue weighted by Crippen LogP contribution is 2.20. The van der Waals surface area contributed by atoms with Crippen molar-refractivity contribution in [1.82, 2.24) is 10.6 Å². The fraction of sp³-hybridized carbons (Fsp3) is 0.938. The zero-order valence-electron chi connectivity index (χ0n) is 13.4. The number of ether oxygens (including phenoxy) is 2. The van der Waals surface area contributed by atoms with Gasteiger partial charge in [-0.1, -0.05) is 12.8 Å². The Bertz CT molecular complexity index is 298. The maximum Gasteiger partial charge on any atom is 0.191 e. The Kier molecular flexibility index (Phi) is 7.89. The zero-order valence-corrected chi connectivity index (χ0v) is 13.4. The quantitative estimate of drug-likeness (QED) is 0.409. The molecule has 1 saturated carbocycles. The van der Waals surface area contributed by atoms with E-state index in [0.717, 1.165) is 51.6 Å². The van der Waals surface area contributed by atoms with Gasteiger partial charge in [-0.15, -0.1) is 0 Å². The molecular formula is C16H31N3O2. The Morgan fingerprint density at radius 1 is 1.19 bits per heavy atom. The van der Waals surface area contributed by atoms with Crippen molar-refractivity contribution < 1.29 is 9.47 Å². The Balaban J connectivity index is 1.56. The molecule has 0 radical (unpaired) electrons. The summed E-state index contributed by atoms with van der Waals surface area (Å²) in [5.41, 5.74) is 0. The van der Waals surface area contributed by atoms with Gasteiger partial charge in [0.15, 0.2) is 5.96 Å². The first kappa shape index (κ1) is 16.6. The lowest BCUT2D eigenvalue weighted by atomic mass is 10.2. The first-order chi connectivity index (χ1) is 10.4. The molecule has 0 aromatic rings. The van der Waals surface area contributed by atoms with E-state index in [4.69, 9.17) is 9.47 Å². The average Bonchev–Trinajstić information content (AvgIpc) is 3.17. The largest absolute Gasteiger partial charge is 0.378 e. The van der Waals surface area contributed by atoms with Crippen molar-refractivity contribution in [2.24, 2.45) is 4.99 Å². The number of aliphatic imine (C=N–C) groups is 1. The topological polar surface area (TPSA) is 54.9 Å². The van der Waals surface area contributed by atoms with E-state index < -0.39 is 0 Å². The molecule has 2 fully saturated rings. The van der Waals surface area contributed by atoms with Gasteiger partial charge < -0.3 is 20.1 Å². The van der Waals surface area contributed by atoms with E-state index >= 15 is 0 Å². The smallest absolute Gasteiger partial charge is 0.191 e. The third-order valence-electron chi connectivity index (χ3n) is 4.09. The predicted octanol–water partition coefficient (Wildman–Crippen LogP) is 2.07. The average molecular weight is 297 g/mol. The van der Waals surface area contributed by atoms with Crippen molar-refractivity contribution in [3.63, 3.8) is 0 Å². The van der Waals surface area contributed by atoms with Crippen molar-refractivity contribution in [2.75, 3.05) is 32.8 Å². The molecule has 5 heteroatoms. The highest BCUT2D eigenvalue weighted by atomic mass is 16.5. The van der Waals surface area contributed by atoms with Crippen LogP contribution in [0.25, 0.3) is 0 Å². The minimum Gasteiger partial charge on any atom is -0.378 e. The van der Waals surface area contributed by atoms with E-state index in [-0.39, 0.29) is 0 Å². The summed E-state index contributed by atoms with van der Waals surface area (Å²) in [6, 6.07) is 0. The minimum absolute atomic E-state index is 0.311. The Hall–Kier alpha value is -0.810. The van der Waals surface area contributed by atoms with Gasteiger partial charge in [0.05, 0.1) is 18.8 Å². The highest BCUT2D eigenvalue weighted by Gasteiger charge is 2.15. The number of hydrogen-bond donors (Lipinski definition) is 2. The van der Waals surface area contributed by atoms with Gasteiger partial charge in [0.1, 0.15) is 0 Å². The van der Waals surface area contributed by atoms with Crippen molar-refractivity contribution in [3.8, 4) is 0 Å². The second-order valence-electron chi connectivity index (χ2n) is 5.91. The molecule has 2 rings (SSSR count). The molecule has 0 bridgehead atoms. The van der Waals surface area contributed by atoms with Crippen LogP contribution >= 0.6 is 0 Å². The number of nitrogens with zero attached hydrogens (tertiary/aromatic N) is 1. The maximum atomic E-state index is 5.87. The molecule has 2 aliphatic rings. The summed E-state index contributed by atoms with van der Waals surface area (Å²) in [5.74, 6) is 0.897. The second kappa shape index (κ2) is 10.0. The molecule has 0 spiro atoms. The molecule has 1 aliphatic carbocycles. The van der Waals surface area contributed by atoms with Crippen LogP contribution in [0.4, 0.5) is 0 Å². The molecule has 122 valence electrons. The monoisotopic (exact) mass is 297 g/mol. The molecule has 0 aromatic heterocycles. The van der Waals surface area contributed by atoms with Gasteiger partial charge in [0.2, 0.25) is 0 Å². The number of guanidine groups is 1. The molecule has 1 saturated heterocycles. The molecule has 1 unspecified atom stereocenters. The summed E-state index contributed by atoms with van der Waals surface area (Å²) in [4.78, 5) is 4.60. The van der Waals surface area contributed by atoms with Gasteiger partial charge in [0, 0.05) is 26.3 Å². The lowest BCUT2D eigenvalue weighted by Crippen LogP contribution is -2.38. The zero-order chi connectivity index (χ0) is 14.8. The van der Waals surface area contributed by atoms with Crippen molar-refractivity contribution in [2.45, 2.75) is 64.1 Å². The maximum absolute atomic E-state index is 5.87. The van der Waals surface area contributed by atoms with Crippen LogP contribution in [0, 0.1) is 0 Å². The van der Waals surface area contributed by atoms with Crippen molar-refractivity contribution in [1.29, 1.82) is 0 Å². The lowest BCUT2D eigenvalue weighted by Gasteiger charge is -2.14. The molecule has 1 atom stereocenters. The first-order valence-corrected chi connectivity index (χ1v) is 8.64. The third-order valence-corrected chi connectivity index (χ3v) is 4.09. The van der Waals surface area contributed by atoms with Gasteiger partial charge in [-0.3, -0.25) is 4.99 Å². The van der Waals surface area contributed by atoms with Crippen LogP contribution in [0.3, 0.4) is 0 Å².